The van der Waals surface area contributed by atoms with Gasteiger partial charge in [-0.15, -0.1) is 0 Å². The maximum absolute atomic E-state index is 13.0. The van der Waals surface area contributed by atoms with Gasteiger partial charge >= 0.3 is 6.03 Å². The van der Waals surface area contributed by atoms with Crippen molar-refractivity contribution >= 4 is 29.1 Å². The first-order valence-corrected chi connectivity index (χ1v) is 9.26. The molecule has 0 atom stereocenters. The summed E-state index contributed by atoms with van der Waals surface area (Å²) in [6.45, 7) is 4.12. The molecule has 3 aliphatic rings. The van der Waals surface area contributed by atoms with Crippen molar-refractivity contribution in [1.82, 2.24) is 9.88 Å². The zero-order chi connectivity index (χ0) is 18.6. The number of ether oxygens (including phenoxy) is 1. The van der Waals surface area contributed by atoms with Gasteiger partial charge in [-0.05, 0) is 24.3 Å². The van der Waals surface area contributed by atoms with E-state index < -0.39 is 0 Å². The normalized spacial score (nSPS) is 19.9. The SMILES string of the molecule is O=C(N1CC2(C1)CN(c1ccc(F)cn1)C2)N1CCOc2cc(Cl)ccc21. The minimum atomic E-state index is -0.332. The van der Waals surface area contributed by atoms with E-state index in [1.54, 1.807) is 23.1 Å². The summed E-state index contributed by atoms with van der Waals surface area (Å²) in [5.74, 6) is 1.10. The molecule has 1 aromatic heterocycles. The number of fused-ring (bicyclic) bond motifs is 1. The third-order valence-electron chi connectivity index (χ3n) is 5.43. The smallest absolute Gasteiger partial charge is 0.324 e. The Hall–Kier alpha value is -2.54. The van der Waals surface area contributed by atoms with Gasteiger partial charge in [-0.2, -0.15) is 0 Å². The third kappa shape index (κ3) is 2.77. The highest BCUT2D eigenvalue weighted by molar-refractivity contribution is 6.30. The third-order valence-corrected chi connectivity index (χ3v) is 5.66. The first-order valence-electron chi connectivity index (χ1n) is 8.88. The van der Waals surface area contributed by atoms with E-state index in [0.717, 1.165) is 37.7 Å². The number of amides is 2. The lowest BCUT2D eigenvalue weighted by atomic mass is 9.73. The molecule has 6 nitrogen and oxygen atoms in total. The van der Waals surface area contributed by atoms with Gasteiger partial charge in [0.1, 0.15) is 24.0 Å². The van der Waals surface area contributed by atoms with Crippen molar-refractivity contribution < 1.29 is 13.9 Å². The highest BCUT2D eigenvalue weighted by Gasteiger charge is 2.54. The largest absolute Gasteiger partial charge is 0.489 e. The standard InChI is InChI=1S/C19H18ClFN4O2/c20-13-1-3-15-16(7-13)27-6-5-25(15)18(26)24-11-19(12-24)9-23(10-19)17-4-2-14(21)8-22-17/h1-4,7-8H,5-6,9-12H2. The van der Waals surface area contributed by atoms with Crippen molar-refractivity contribution in [2.24, 2.45) is 5.41 Å². The number of hydrogen-bond acceptors (Lipinski definition) is 4. The maximum atomic E-state index is 13.0. The van der Waals surface area contributed by atoms with Crippen molar-refractivity contribution in [3.05, 3.63) is 47.4 Å². The van der Waals surface area contributed by atoms with E-state index in [1.807, 2.05) is 11.0 Å². The molecule has 0 N–H and O–H groups in total. The Morgan fingerprint density at radius 2 is 2.00 bits per heavy atom. The number of aromatic nitrogens is 1. The van der Waals surface area contributed by atoms with Crippen LogP contribution in [-0.2, 0) is 0 Å². The zero-order valence-electron chi connectivity index (χ0n) is 14.6. The van der Waals surface area contributed by atoms with Crippen molar-refractivity contribution in [1.29, 1.82) is 0 Å². The second-order valence-electron chi connectivity index (χ2n) is 7.44. The summed E-state index contributed by atoms with van der Waals surface area (Å²) in [6.07, 6.45) is 1.24. The Balaban J connectivity index is 1.22. The number of urea groups is 1. The average molecular weight is 389 g/mol. The summed E-state index contributed by atoms with van der Waals surface area (Å²) in [5.41, 5.74) is 0.892. The molecule has 0 bridgehead atoms. The maximum Gasteiger partial charge on any atom is 0.324 e. The van der Waals surface area contributed by atoms with E-state index in [9.17, 15) is 9.18 Å². The summed E-state index contributed by atoms with van der Waals surface area (Å²) in [5, 5.41) is 0.593. The number of carbonyl (C=O) groups excluding carboxylic acids is 1. The van der Waals surface area contributed by atoms with Crippen molar-refractivity contribution in [2.45, 2.75) is 0 Å². The molecular formula is C19H18ClFN4O2. The van der Waals surface area contributed by atoms with Gasteiger partial charge in [0.05, 0.1) is 18.4 Å². The van der Waals surface area contributed by atoms with Gasteiger partial charge < -0.3 is 14.5 Å². The number of rotatable bonds is 1. The molecule has 2 amide bonds. The number of benzene rings is 1. The van der Waals surface area contributed by atoms with Crippen LogP contribution < -0.4 is 14.5 Å². The van der Waals surface area contributed by atoms with Crippen LogP contribution in [0.3, 0.4) is 0 Å². The average Bonchev–Trinajstić information content (AvgIpc) is 2.59. The molecular weight excluding hydrogens is 371 g/mol. The molecule has 2 fully saturated rings. The number of likely N-dealkylation sites (tertiary alicyclic amines) is 1. The predicted octanol–water partition coefficient (Wildman–Crippen LogP) is 3.02. The zero-order valence-corrected chi connectivity index (χ0v) is 15.3. The molecule has 27 heavy (non-hydrogen) atoms. The lowest BCUT2D eigenvalue weighted by Gasteiger charge is -2.60. The summed E-state index contributed by atoms with van der Waals surface area (Å²) in [6, 6.07) is 8.46. The second-order valence-corrected chi connectivity index (χ2v) is 7.88. The van der Waals surface area contributed by atoms with Crippen LogP contribution in [0.5, 0.6) is 5.75 Å². The molecule has 5 rings (SSSR count). The summed E-state index contributed by atoms with van der Waals surface area (Å²) >= 11 is 6.02. The van der Waals surface area contributed by atoms with E-state index in [0.29, 0.717) is 23.9 Å². The van der Waals surface area contributed by atoms with Crippen LogP contribution in [0.4, 0.5) is 20.7 Å². The van der Waals surface area contributed by atoms with Crippen molar-refractivity contribution in [3.63, 3.8) is 0 Å². The van der Waals surface area contributed by atoms with Crippen LogP contribution in [-0.4, -0.2) is 55.2 Å². The molecule has 4 heterocycles. The van der Waals surface area contributed by atoms with E-state index in [4.69, 9.17) is 16.3 Å². The Morgan fingerprint density at radius 1 is 1.19 bits per heavy atom. The molecule has 8 heteroatoms. The molecule has 0 saturated carbocycles. The molecule has 0 unspecified atom stereocenters. The van der Waals surface area contributed by atoms with Gasteiger partial charge in [0.15, 0.2) is 0 Å². The van der Waals surface area contributed by atoms with Gasteiger partial charge in [0.2, 0.25) is 0 Å². The highest BCUT2D eigenvalue weighted by Crippen LogP contribution is 2.43. The van der Waals surface area contributed by atoms with Crippen LogP contribution in [0.15, 0.2) is 36.5 Å². The number of carbonyl (C=O) groups is 1. The Bertz CT molecular complexity index is 893. The van der Waals surface area contributed by atoms with Gasteiger partial charge in [-0.25, -0.2) is 14.2 Å². The molecule has 2 aromatic rings. The van der Waals surface area contributed by atoms with Crippen LogP contribution in [0.2, 0.25) is 5.02 Å². The van der Waals surface area contributed by atoms with Crippen LogP contribution in [0.25, 0.3) is 0 Å². The molecule has 1 spiro atoms. The quantitative estimate of drug-likeness (QED) is 0.753. The first kappa shape index (κ1) is 16.6. The van der Waals surface area contributed by atoms with E-state index >= 15 is 0 Å². The highest BCUT2D eigenvalue weighted by atomic mass is 35.5. The van der Waals surface area contributed by atoms with E-state index in [2.05, 4.69) is 9.88 Å². The van der Waals surface area contributed by atoms with Gasteiger partial charge in [-0.3, -0.25) is 4.90 Å². The fraction of sp³-hybridized carbons (Fsp3) is 0.368. The summed E-state index contributed by atoms with van der Waals surface area (Å²) < 4.78 is 18.6. The number of pyridine rings is 1. The van der Waals surface area contributed by atoms with Gasteiger partial charge in [0, 0.05) is 42.7 Å². The molecule has 0 aliphatic carbocycles. The minimum Gasteiger partial charge on any atom is -0.489 e. The Kier molecular flexibility index (Phi) is 3.69. The molecule has 1 aromatic carbocycles. The monoisotopic (exact) mass is 388 g/mol. The summed E-state index contributed by atoms with van der Waals surface area (Å²) in [4.78, 5) is 22.8. The van der Waals surface area contributed by atoms with E-state index in [-0.39, 0.29) is 17.3 Å². The summed E-state index contributed by atoms with van der Waals surface area (Å²) in [7, 11) is 0. The molecule has 2 saturated heterocycles. The van der Waals surface area contributed by atoms with Crippen molar-refractivity contribution in [2.75, 3.05) is 49.1 Å². The van der Waals surface area contributed by atoms with Crippen LogP contribution in [0.1, 0.15) is 0 Å². The van der Waals surface area contributed by atoms with Crippen LogP contribution >= 0.6 is 11.6 Å². The van der Waals surface area contributed by atoms with E-state index in [1.165, 1.54) is 12.3 Å². The minimum absolute atomic E-state index is 0.00542. The number of halogens is 2. The lowest BCUT2D eigenvalue weighted by Crippen LogP contribution is -2.74. The number of nitrogens with zero attached hydrogens (tertiary/aromatic N) is 4. The molecule has 140 valence electrons. The van der Waals surface area contributed by atoms with Crippen LogP contribution in [0, 0.1) is 11.2 Å². The predicted molar refractivity (Wildman–Crippen MR) is 100 cm³/mol. The first-order chi connectivity index (χ1) is 13.0. The fourth-order valence-corrected chi connectivity index (χ4v) is 4.30. The molecule has 0 radical (unpaired) electrons. The lowest BCUT2D eigenvalue weighted by molar-refractivity contribution is 0.00928. The van der Waals surface area contributed by atoms with Crippen molar-refractivity contribution in [3.8, 4) is 5.75 Å². The second kappa shape index (κ2) is 5.99. The molecule has 3 aliphatic heterocycles. The van der Waals surface area contributed by atoms with Gasteiger partial charge in [-0.1, -0.05) is 11.6 Å². The number of hydrogen-bond donors (Lipinski definition) is 0. The van der Waals surface area contributed by atoms with Gasteiger partial charge in [0.25, 0.3) is 0 Å². The Labute approximate surface area is 161 Å². The Morgan fingerprint density at radius 3 is 2.74 bits per heavy atom. The fourth-order valence-electron chi connectivity index (χ4n) is 4.14. The topological polar surface area (TPSA) is 48.9 Å². The number of anilines is 2.